The van der Waals surface area contributed by atoms with E-state index in [4.69, 9.17) is 17.2 Å². The summed E-state index contributed by atoms with van der Waals surface area (Å²) in [6.45, 7) is 5.24. The van der Waals surface area contributed by atoms with Crippen LogP contribution in [0, 0.1) is 20.7 Å². The van der Waals surface area contributed by atoms with Crippen LogP contribution < -0.4 is 0 Å². The van der Waals surface area contributed by atoms with Gasteiger partial charge in [0.15, 0.2) is 0 Å². The number of aromatic nitrogens is 2. The summed E-state index contributed by atoms with van der Waals surface area (Å²) in [7, 11) is 0. The van der Waals surface area contributed by atoms with Crippen LogP contribution in [-0.4, -0.2) is 14.5 Å². The predicted molar refractivity (Wildman–Crippen MR) is 96.6 cm³/mol. The highest BCUT2D eigenvalue weighted by Gasteiger charge is 2.20. The standard InChI is InChI=1S/C18H21N3O2S/c1-12(2)11-20-16-6-4-3-5-15(16)18(24)19-17(20)13-7-9-14(10-8-13)21(22)23/h7-10,12H,3-6,11H2,1-2H3. The molecule has 0 radical (unpaired) electrons. The number of nitrogens with zero attached hydrogens (tertiary/aromatic N) is 3. The Morgan fingerprint density at radius 2 is 1.92 bits per heavy atom. The quantitative estimate of drug-likeness (QED) is 0.458. The van der Waals surface area contributed by atoms with Gasteiger partial charge in [0.25, 0.3) is 5.69 Å². The van der Waals surface area contributed by atoms with Gasteiger partial charge in [0, 0.05) is 35.5 Å². The number of hydrogen-bond acceptors (Lipinski definition) is 4. The molecule has 24 heavy (non-hydrogen) atoms. The van der Waals surface area contributed by atoms with Gasteiger partial charge in [-0.05, 0) is 43.7 Å². The van der Waals surface area contributed by atoms with Crippen molar-refractivity contribution in [1.82, 2.24) is 9.55 Å². The summed E-state index contributed by atoms with van der Waals surface area (Å²) in [6.07, 6.45) is 4.36. The molecular weight excluding hydrogens is 322 g/mol. The van der Waals surface area contributed by atoms with Crippen LogP contribution >= 0.6 is 12.2 Å². The zero-order valence-corrected chi connectivity index (χ0v) is 14.8. The third-order valence-corrected chi connectivity index (χ3v) is 4.71. The van der Waals surface area contributed by atoms with Gasteiger partial charge in [0.1, 0.15) is 10.5 Å². The predicted octanol–water partition coefficient (Wildman–Crippen LogP) is 4.72. The molecule has 0 fully saturated rings. The van der Waals surface area contributed by atoms with Crippen molar-refractivity contribution in [1.29, 1.82) is 0 Å². The van der Waals surface area contributed by atoms with E-state index in [1.54, 1.807) is 12.1 Å². The largest absolute Gasteiger partial charge is 0.329 e. The molecule has 1 aromatic carbocycles. The van der Waals surface area contributed by atoms with E-state index in [0.29, 0.717) is 10.6 Å². The second kappa shape index (κ2) is 6.81. The van der Waals surface area contributed by atoms with Crippen LogP contribution in [0.4, 0.5) is 5.69 Å². The molecule has 1 aliphatic carbocycles. The fourth-order valence-electron chi connectivity index (χ4n) is 3.28. The van der Waals surface area contributed by atoms with Gasteiger partial charge in [-0.3, -0.25) is 10.1 Å². The molecule has 0 unspecified atom stereocenters. The number of nitro groups is 1. The summed E-state index contributed by atoms with van der Waals surface area (Å²) in [6, 6.07) is 6.58. The lowest BCUT2D eigenvalue weighted by Crippen LogP contribution is -2.20. The third-order valence-electron chi connectivity index (χ3n) is 4.37. The maximum Gasteiger partial charge on any atom is 0.269 e. The first kappa shape index (κ1) is 16.8. The molecule has 0 spiro atoms. The Hall–Kier alpha value is -2.08. The molecule has 1 aliphatic rings. The van der Waals surface area contributed by atoms with Gasteiger partial charge >= 0.3 is 0 Å². The number of benzene rings is 1. The first-order valence-corrected chi connectivity index (χ1v) is 8.75. The first-order chi connectivity index (χ1) is 11.5. The van der Waals surface area contributed by atoms with Crippen molar-refractivity contribution >= 4 is 17.9 Å². The molecule has 1 heterocycles. The molecule has 5 nitrogen and oxygen atoms in total. The van der Waals surface area contributed by atoms with Crippen molar-refractivity contribution in [2.45, 2.75) is 46.1 Å². The van der Waals surface area contributed by atoms with Crippen molar-refractivity contribution in [3.05, 3.63) is 50.3 Å². The van der Waals surface area contributed by atoms with E-state index in [9.17, 15) is 10.1 Å². The topological polar surface area (TPSA) is 61.0 Å². The van der Waals surface area contributed by atoms with Gasteiger partial charge in [-0.25, -0.2) is 4.98 Å². The summed E-state index contributed by atoms with van der Waals surface area (Å²) in [5.74, 6) is 1.31. The van der Waals surface area contributed by atoms with Gasteiger partial charge in [-0.1, -0.05) is 26.1 Å². The maximum atomic E-state index is 10.9. The van der Waals surface area contributed by atoms with Crippen molar-refractivity contribution in [2.24, 2.45) is 5.92 Å². The minimum atomic E-state index is -0.384. The molecule has 0 amide bonds. The van der Waals surface area contributed by atoms with Gasteiger partial charge < -0.3 is 4.57 Å². The number of fused-ring (bicyclic) bond motifs is 1. The SMILES string of the molecule is CC(C)Cn1c(-c2ccc([N+](=O)[O-])cc2)nc(=S)c2c1CCCC2. The third kappa shape index (κ3) is 3.24. The van der Waals surface area contributed by atoms with Gasteiger partial charge in [0.05, 0.1) is 4.92 Å². The average molecular weight is 343 g/mol. The summed E-state index contributed by atoms with van der Waals surface area (Å²) in [4.78, 5) is 15.2. The Kier molecular flexibility index (Phi) is 4.76. The number of non-ortho nitro benzene ring substituents is 1. The Labute approximate surface area is 146 Å². The summed E-state index contributed by atoms with van der Waals surface area (Å²) < 4.78 is 2.95. The van der Waals surface area contributed by atoms with E-state index in [1.807, 2.05) is 0 Å². The Morgan fingerprint density at radius 3 is 2.54 bits per heavy atom. The average Bonchev–Trinajstić information content (AvgIpc) is 2.57. The molecule has 126 valence electrons. The van der Waals surface area contributed by atoms with E-state index < -0.39 is 0 Å². The number of nitro benzene ring substituents is 1. The lowest BCUT2D eigenvalue weighted by Gasteiger charge is -2.25. The second-order valence-electron chi connectivity index (χ2n) is 6.68. The highest BCUT2D eigenvalue weighted by Crippen LogP contribution is 2.29. The number of hydrogen-bond donors (Lipinski definition) is 0. The fraction of sp³-hybridized carbons (Fsp3) is 0.444. The van der Waals surface area contributed by atoms with E-state index in [2.05, 4.69) is 18.4 Å². The first-order valence-electron chi connectivity index (χ1n) is 8.34. The molecule has 0 N–H and O–H groups in total. The Balaban J connectivity index is 2.17. The molecule has 2 aromatic rings. The van der Waals surface area contributed by atoms with Crippen molar-refractivity contribution in [3.8, 4) is 11.4 Å². The molecule has 0 saturated heterocycles. The monoisotopic (exact) mass is 343 g/mol. The zero-order valence-electron chi connectivity index (χ0n) is 14.0. The lowest BCUT2D eigenvalue weighted by molar-refractivity contribution is -0.384. The summed E-state index contributed by atoms with van der Waals surface area (Å²) in [5, 5.41) is 10.9. The van der Waals surface area contributed by atoms with Gasteiger partial charge in [0.2, 0.25) is 0 Å². The van der Waals surface area contributed by atoms with Crippen molar-refractivity contribution < 1.29 is 4.92 Å². The maximum absolute atomic E-state index is 10.9. The normalized spacial score (nSPS) is 13.8. The molecule has 6 heteroatoms. The van der Waals surface area contributed by atoms with E-state index in [-0.39, 0.29) is 10.6 Å². The van der Waals surface area contributed by atoms with Crippen molar-refractivity contribution in [2.75, 3.05) is 0 Å². The van der Waals surface area contributed by atoms with E-state index in [0.717, 1.165) is 37.2 Å². The van der Waals surface area contributed by atoms with Gasteiger partial charge in [-0.15, -0.1) is 0 Å². The molecule has 0 bridgehead atoms. The molecule has 1 aromatic heterocycles. The smallest absolute Gasteiger partial charge is 0.269 e. The highest BCUT2D eigenvalue weighted by atomic mass is 32.1. The minimum Gasteiger partial charge on any atom is -0.329 e. The van der Waals surface area contributed by atoms with Gasteiger partial charge in [-0.2, -0.15) is 0 Å². The van der Waals surface area contributed by atoms with Crippen LogP contribution in [0.25, 0.3) is 11.4 Å². The van der Waals surface area contributed by atoms with E-state index >= 15 is 0 Å². The fourth-order valence-corrected chi connectivity index (χ4v) is 3.59. The van der Waals surface area contributed by atoms with Crippen LogP contribution in [0.3, 0.4) is 0 Å². The molecular formula is C18H21N3O2S. The van der Waals surface area contributed by atoms with Crippen LogP contribution in [0.5, 0.6) is 0 Å². The summed E-state index contributed by atoms with van der Waals surface area (Å²) in [5.41, 5.74) is 3.47. The Bertz CT molecular complexity index is 825. The van der Waals surface area contributed by atoms with Crippen LogP contribution in [-0.2, 0) is 19.4 Å². The highest BCUT2D eigenvalue weighted by molar-refractivity contribution is 7.71. The molecule has 3 rings (SSSR count). The molecule has 0 saturated carbocycles. The van der Waals surface area contributed by atoms with Crippen LogP contribution in [0.15, 0.2) is 24.3 Å². The second-order valence-corrected chi connectivity index (χ2v) is 7.07. The number of rotatable bonds is 4. The zero-order chi connectivity index (χ0) is 17.3. The van der Waals surface area contributed by atoms with Crippen LogP contribution in [0.1, 0.15) is 37.9 Å². The van der Waals surface area contributed by atoms with E-state index in [1.165, 1.54) is 29.8 Å². The molecule has 0 aliphatic heterocycles. The summed E-state index contributed by atoms with van der Waals surface area (Å²) >= 11 is 5.53. The molecule has 0 atom stereocenters. The minimum absolute atomic E-state index is 0.0886. The lowest BCUT2D eigenvalue weighted by atomic mass is 9.96. The van der Waals surface area contributed by atoms with Crippen molar-refractivity contribution in [3.63, 3.8) is 0 Å². The van der Waals surface area contributed by atoms with Crippen LogP contribution in [0.2, 0.25) is 0 Å². The Morgan fingerprint density at radius 1 is 1.25 bits per heavy atom.